The van der Waals surface area contributed by atoms with Crippen LogP contribution in [0.25, 0.3) is 16.6 Å². The second-order valence-electron chi connectivity index (χ2n) is 10.2. The second kappa shape index (κ2) is 13.0. The van der Waals surface area contributed by atoms with Crippen LogP contribution in [0.1, 0.15) is 36.5 Å². The number of methoxy groups -OCH3 is 3. The van der Waals surface area contributed by atoms with Crippen molar-refractivity contribution in [2.24, 2.45) is 0 Å². The quantitative estimate of drug-likeness (QED) is 0.207. The van der Waals surface area contributed by atoms with Crippen molar-refractivity contribution in [3.8, 4) is 11.5 Å². The van der Waals surface area contributed by atoms with Gasteiger partial charge in [-0.15, -0.1) is 0 Å². The Hall–Kier alpha value is -3.83. The van der Waals surface area contributed by atoms with Gasteiger partial charge in [-0.1, -0.05) is 18.2 Å². The lowest BCUT2D eigenvalue weighted by Gasteiger charge is -2.26. The minimum absolute atomic E-state index is 0.0411. The SMILES string of the molecule is COc1ccc(C2(O)OC(=O)C(c3ccc4nsnc4c3)=C2Cc2ccc(OCCC(CC(C)OC)OC)cc2)cc1. The van der Waals surface area contributed by atoms with Crippen molar-refractivity contribution in [2.75, 3.05) is 27.9 Å². The van der Waals surface area contributed by atoms with Gasteiger partial charge in [0.2, 0.25) is 0 Å². The van der Waals surface area contributed by atoms with Gasteiger partial charge in [-0.25, -0.2) is 4.79 Å². The number of hydrogen-bond acceptors (Lipinski definition) is 10. The molecule has 0 fully saturated rings. The monoisotopic (exact) mass is 590 g/mol. The highest BCUT2D eigenvalue weighted by atomic mass is 32.1. The van der Waals surface area contributed by atoms with E-state index in [-0.39, 0.29) is 18.6 Å². The molecule has 0 amide bonds. The lowest BCUT2D eigenvalue weighted by atomic mass is 9.88. The standard InChI is InChI=1S/C32H34N2O7S/c1-20(37-2)17-26(39-4)15-16-40-25-10-5-21(6-11-25)18-27-30(22-7-14-28-29(19-22)34-42-33-28)31(35)41-32(27,36)23-8-12-24(38-3)13-9-23/h5-14,19-20,26,36H,15-18H2,1-4H3. The summed E-state index contributed by atoms with van der Waals surface area (Å²) in [5.74, 6) is -1.23. The Morgan fingerprint density at radius 1 is 0.929 bits per heavy atom. The first kappa shape index (κ1) is 29.7. The largest absolute Gasteiger partial charge is 0.497 e. The molecule has 9 nitrogen and oxygen atoms in total. The van der Waals surface area contributed by atoms with Crippen molar-refractivity contribution >= 4 is 34.3 Å². The number of benzene rings is 3. The van der Waals surface area contributed by atoms with Crippen LogP contribution in [0.5, 0.6) is 11.5 Å². The third kappa shape index (κ3) is 6.32. The molecule has 4 aromatic rings. The smallest absolute Gasteiger partial charge is 0.342 e. The van der Waals surface area contributed by atoms with Crippen LogP contribution in [0.2, 0.25) is 0 Å². The summed E-state index contributed by atoms with van der Waals surface area (Å²) in [6.45, 7) is 2.51. The predicted molar refractivity (Wildman–Crippen MR) is 159 cm³/mol. The average Bonchev–Trinajstić information content (AvgIpc) is 3.58. The summed E-state index contributed by atoms with van der Waals surface area (Å²) >= 11 is 1.10. The van der Waals surface area contributed by atoms with E-state index in [4.69, 9.17) is 23.7 Å². The van der Waals surface area contributed by atoms with Crippen LogP contribution in [0.3, 0.4) is 0 Å². The maximum Gasteiger partial charge on any atom is 0.342 e. The third-order valence-electron chi connectivity index (χ3n) is 7.52. The minimum atomic E-state index is -1.96. The van der Waals surface area contributed by atoms with Crippen LogP contribution in [0.4, 0.5) is 0 Å². The number of carbonyl (C=O) groups is 1. The number of nitrogens with zero attached hydrogens (tertiary/aromatic N) is 2. The number of esters is 1. The van der Waals surface area contributed by atoms with Gasteiger partial charge < -0.3 is 28.8 Å². The van der Waals surface area contributed by atoms with E-state index in [1.807, 2.05) is 37.3 Å². The Balaban J connectivity index is 1.41. The summed E-state index contributed by atoms with van der Waals surface area (Å²) < 4.78 is 36.4. The summed E-state index contributed by atoms with van der Waals surface area (Å²) in [6, 6.07) is 19.9. The maximum atomic E-state index is 13.4. The number of aliphatic hydroxyl groups is 1. The van der Waals surface area contributed by atoms with Crippen molar-refractivity contribution < 1.29 is 33.6 Å². The molecule has 220 valence electrons. The molecule has 0 radical (unpaired) electrons. The van der Waals surface area contributed by atoms with Crippen molar-refractivity contribution in [1.82, 2.24) is 8.75 Å². The van der Waals surface area contributed by atoms with Gasteiger partial charge in [-0.2, -0.15) is 8.75 Å². The molecule has 0 saturated carbocycles. The molecule has 1 aromatic heterocycles. The van der Waals surface area contributed by atoms with Crippen molar-refractivity contribution in [3.63, 3.8) is 0 Å². The molecular weight excluding hydrogens is 556 g/mol. The normalized spacial score (nSPS) is 18.3. The summed E-state index contributed by atoms with van der Waals surface area (Å²) in [5, 5.41) is 11.9. The first-order valence-corrected chi connectivity index (χ1v) is 14.4. The number of carbonyl (C=O) groups excluding carboxylic acids is 1. The lowest BCUT2D eigenvalue weighted by molar-refractivity contribution is -0.185. The van der Waals surface area contributed by atoms with Gasteiger partial charge >= 0.3 is 5.97 Å². The van der Waals surface area contributed by atoms with E-state index in [0.717, 1.165) is 35.6 Å². The number of aromatic nitrogens is 2. The van der Waals surface area contributed by atoms with Crippen molar-refractivity contribution in [1.29, 1.82) is 0 Å². The average molecular weight is 591 g/mol. The molecule has 3 atom stereocenters. The fourth-order valence-electron chi connectivity index (χ4n) is 5.04. The Morgan fingerprint density at radius 2 is 1.64 bits per heavy atom. The molecule has 10 heteroatoms. The summed E-state index contributed by atoms with van der Waals surface area (Å²) in [4.78, 5) is 13.4. The van der Waals surface area contributed by atoms with Crippen LogP contribution in [0, 0.1) is 0 Å². The number of ether oxygens (including phenoxy) is 5. The third-order valence-corrected chi connectivity index (χ3v) is 8.08. The number of rotatable bonds is 13. The fraction of sp³-hybridized carbons (Fsp3) is 0.344. The molecule has 3 unspecified atom stereocenters. The van der Waals surface area contributed by atoms with E-state index in [1.54, 1.807) is 57.7 Å². The maximum absolute atomic E-state index is 13.4. The van der Waals surface area contributed by atoms with Crippen LogP contribution in [0.15, 0.2) is 72.3 Å². The number of fused-ring (bicyclic) bond motifs is 1. The molecule has 0 saturated heterocycles. The molecule has 1 aliphatic heterocycles. The molecule has 0 aliphatic carbocycles. The zero-order valence-electron chi connectivity index (χ0n) is 24.0. The van der Waals surface area contributed by atoms with Crippen molar-refractivity contribution in [3.05, 3.63) is 89.0 Å². The van der Waals surface area contributed by atoms with Gasteiger partial charge in [-0.3, -0.25) is 0 Å². The van der Waals surface area contributed by atoms with Crippen LogP contribution >= 0.6 is 11.7 Å². The zero-order chi connectivity index (χ0) is 29.7. The van der Waals surface area contributed by atoms with Gasteiger partial charge in [0.25, 0.3) is 5.79 Å². The Morgan fingerprint density at radius 3 is 2.33 bits per heavy atom. The number of cyclic esters (lactones) is 1. The van der Waals surface area contributed by atoms with Gasteiger partial charge in [0, 0.05) is 38.2 Å². The van der Waals surface area contributed by atoms with Crippen LogP contribution in [-0.2, 0) is 31.2 Å². The Labute approximate surface area is 249 Å². The summed E-state index contributed by atoms with van der Waals surface area (Å²) in [7, 11) is 4.95. The molecule has 42 heavy (non-hydrogen) atoms. The van der Waals surface area contributed by atoms with Crippen LogP contribution in [-0.4, -0.2) is 60.0 Å². The summed E-state index contributed by atoms with van der Waals surface area (Å²) in [6.07, 6.45) is 1.93. The lowest BCUT2D eigenvalue weighted by Crippen LogP contribution is -2.29. The van der Waals surface area contributed by atoms with E-state index in [1.165, 1.54) is 0 Å². The highest BCUT2D eigenvalue weighted by Crippen LogP contribution is 2.45. The van der Waals surface area contributed by atoms with E-state index in [2.05, 4.69) is 8.75 Å². The first-order chi connectivity index (χ1) is 20.3. The summed E-state index contributed by atoms with van der Waals surface area (Å²) in [5.41, 5.74) is 4.06. The Kier molecular flexibility index (Phi) is 9.18. The van der Waals surface area contributed by atoms with Crippen molar-refractivity contribution in [2.45, 2.75) is 44.2 Å². The molecule has 3 aromatic carbocycles. The Bertz CT molecular complexity index is 1550. The van der Waals surface area contributed by atoms with Gasteiger partial charge in [0.15, 0.2) is 0 Å². The van der Waals surface area contributed by atoms with E-state index < -0.39 is 11.8 Å². The van der Waals surface area contributed by atoms with Crippen LogP contribution < -0.4 is 9.47 Å². The highest BCUT2D eigenvalue weighted by molar-refractivity contribution is 7.00. The molecular formula is C32H34N2O7S. The minimum Gasteiger partial charge on any atom is -0.497 e. The molecule has 2 heterocycles. The zero-order valence-corrected chi connectivity index (χ0v) is 24.8. The van der Waals surface area contributed by atoms with E-state index >= 15 is 0 Å². The second-order valence-corrected chi connectivity index (χ2v) is 10.7. The first-order valence-electron chi connectivity index (χ1n) is 13.7. The van der Waals surface area contributed by atoms with Gasteiger partial charge in [-0.05, 0) is 73.0 Å². The van der Waals surface area contributed by atoms with E-state index in [9.17, 15) is 9.90 Å². The fourth-order valence-corrected chi connectivity index (χ4v) is 5.56. The molecule has 5 rings (SSSR count). The number of hydrogen-bond donors (Lipinski definition) is 1. The molecule has 1 N–H and O–H groups in total. The molecule has 1 aliphatic rings. The van der Waals surface area contributed by atoms with Gasteiger partial charge in [0.1, 0.15) is 22.5 Å². The molecule has 0 bridgehead atoms. The molecule has 0 spiro atoms. The van der Waals surface area contributed by atoms with Gasteiger partial charge in [0.05, 0.1) is 43.2 Å². The highest BCUT2D eigenvalue weighted by Gasteiger charge is 2.48. The predicted octanol–water partition coefficient (Wildman–Crippen LogP) is 5.31. The van der Waals surface area contributed by atoms with E-state index in [0.29, 0.717) is 45.9 Å². The topological polar surface area (TPSA) is 109 Å².